The van der Waals surface area contributed by atoms with Crippen molar-refractivity contribution in [3.05, 3.63) is 18.0 Å². The largest absolute Gasteiger partial charge is 0.394 e. The van der Waals surface area contributed by atoms with Gasteiger partial charge in [0.05, 0.1) is 31.6 Å². The van der Waals surface area contributed by atoms with Crippen LogP contribution in [0.3, 0.4) is 0 Å². The first-order chi connectivity index (χ1) is 7.57. The topological polar surface area (TPSA) is 90.5 Å². The molecule has 0 saturated heterocycles. The van der Waals surface area contributed by atoms with Gasteiger partial charge in [-0.2, -0.15) is 5.10 Å². The van der Waals surface area contributed by atoms with Crippen molar-refractivity contribution in [1.29, 1.82) is 0 Å². The molecule has 0 aromatic carbocycles. The summed E-state index contributed by atoms with van der Waals surface area (Å²) >= 11 is 0. The molecule has 0 fully saturated rings. The number of aliphatic hydroxyl groups excluding tert-OH is 2. The highest BCUT2D eigenvalue weighted by Gasteiger charge is 2.17. The van der Waals surface area contributed by atoms with Crippen LogP contribution in [-0.2, 0) is 13.1 Å². The molecule has 1 unspecified atom stereocenters. The molecule has 4 N–H and O–H groups in total. The molecular weight excluding hydrogens is 210 g/mol. The summed E-state index contributed by atoms with van der Waals surface area (Å²) in [6, 6.07) is 0. The van der Waals surface area contributed by atoms with Gasteiger partial charge < -0.3 is 20.6 Å². The third-order valence-electron chi connectivity index (χ3n) is 2.19. The zero-order valence-electron chi connectivity index (χ0n) is 9.43. The van der Waals surface area contributed by atoms with Gasteiger partial charge in [-0.3, -0.25) is 4.68 Å². The second-order valence-corrected chi connectivity index (χ2v) is 4.09. The summed E-state index contributed by atoms with van der Waals surface area (Å²) in [4.78, 5) is 0. The summed E-state index contributed by atoms with van der Waals surface area (Å²) in [5.41, 5.74) is -0.122. The summed E-state index contributed by atoms with van der Waals surface area (Å²) in [5.74, 6) is 0. The Morgan fingerprint density at radius 2 is 2.25 bits per heavy atom. The van der Waals surface area contributed by atoms with E-state index in [1.54, 1.807) is 17.8 Å². The fraction of sp³-hybridized carbons (Fsp3) is 0.700. The minimum atomic E-state index is -1.10. The van der Waals surface area contributed by atoms with E-state index in [2.05, 4.69) is 10.4 Å². The van der Waals surface area contributed by atoms with E-state index < -0.39 is 5.60 Å². The highest BCUT2D eigenvalue weighted by molar-refractivity contribution is 5.03. The number of nitrogens with zero attached hydrogens (tertiary/aromatic N) is 2. The summed E-state index contributed by atoms with van der Waals surface area (Å²) in [6.07, 6.45) is 3.53. The molecule has 0 amide bonds. The Morgan fingerprint density at radius 1 is 1.50 bits per heavy atom. The van der Waals surface area contributed by atoms with Crippen molar-refractivity contribution < 1.29 is 15.3 Å². The van der Waals surface area contributed by atoms with Crippen molar-refractivity contribution in [3.8, 4) is 0 Å². The van der Waals surface area contributed by atoms with E-state index in [9.17, 15) is 5.11 Å². The van der Waals surface area contributed by atoms with E-state index in [1.165, 1.54) is 0 Å². The lowest BCUT2D eigenvalue weighted by Gasteiger charge is -2.20. The van der Waals surface area contributed by atoms with Crippen molar-refractivity contribution in [1.82, 2.24) is 15.1 Å². The SMILES string of the molecule is CC(O)(CO)CNCc1cnn(CCO)c1. The predicted octanol–water partition coefficient (Wildman–Crippen LogP) is -1.29. The second-order valence-electron chi connectivity index (χ2n) is 4.09. The molecule has 0 spiro atoms. The molecule has 0 aliphatic carbocycles. The molecule has 0 saturated carbocycles. The van der Waals surface area contributed by atoms with Crippen LogP contribution in [0.1, 0.15) is 12.5 Å². The molecule has 1 atom stereocenters. The summed E-state index contributed by atoms with van der Waals surface area (Å²) < 4.78 is 1.65. The van der Waals surface area contributed by atoms with Gasteiger partial charge in [-0.25, -0.2) is 0 Å². The lowest BCUT2D eigenvalue weighted by Crippen LogP contribution is -2.40. The molecule has 1 rings (SSSR count). The third kappa shape index (κ3) is 4.28. The molecule has 0 bridgehead atoms. The number of nitrogens with one attached hydrogen (secondary N) is 1. The van der Waals surface area contributed by atoms with Crippen molar-refractivity contribution in [3.63, 3.8) is 0 Å². The highest BCUT2D eigenvalue weighted by Crippen LogP contribution is 2.01. The standard InChI is InChI=1S/C10H19N3O3/c1-10(16,8-15)7-11-4-9-5-12-13(6-9)2-3-14/h5-6,11,14-16H,2-4,7-8H2,1H3. The molecule has 92 valence electrons. The van der Waals surface area contributed by atoms with Gasteiger partial charge in [0, 0.05) is 24.8 Å². The van der Waals surface area contributed by atoms with Gasteiger partial charge in [0.1, 0.15) is 0 Å². The Bertz CT molecular complexity index is 312. The van der Waals surface area contributed by atoms with Crippen molar-refractivity contribution in [2.45, 2.75) is 25.6 Å². The van der Waals surface area contributed by atoms with Gasteiger partial charge in [-0.15, -0.1) is 0 Å². The van der Waals surface area contributed by atoms with E-state index in [0.29, 0.717) is 19.6 Å². The maximum atomic E-state index is 9.52. The molecule has 1 aromatic rings. The summed E-state index contributed by atoms with van der Waals surface area (Å²) in [6.45, 7) is 2.72. The Balaban J connectivity index is 2.31. The zero-order valence-corrected chi connectivity index (χ0v) is 9.43. The molecular formula is C10H19N3O3. The van der Waals surface area contributed by atoms with Gasteiger partial charge in [-0.1, -0.05) is 0 Å². The van der Waals surface area contributed by atoms with Crippen LogP contribution in [0.4, 0.5) is 0 Å². The Hall–Kier alpha value is -0.950. The minimum absolute atomic E-state index is 0.0633. The molecule has 0 radical (unpaired) electrons. The molecule has 1 aromatic heterocycles. The molecule has 16 heavy (non-hydrogen) atoms. The number of aromatic nitrogens is 2. The smallest absolute Gasteiger partial charge is 0.0972 e. The van der Waals surface area contributed by atoms with Crippen LogP contribution in [0, 0.1) is 0 Å². The zero-order chi connectivity index (χ0) is 12.0. The minimum Gasteiger partial charge on any atom is -0.394 e. The fourth-order valence-corrected chi connectivity index (χ4v) is 1.25. The van der Waals surface area contributed by atoms with E-state index >= 15 is 0 Å². The van der Waals surface area contributed by atoms with Crippen LogP contribution in [0.2, 0.25) is 0 Å². The predicted molar refractivity (Wildman–Crippen MR) is 58.7 cm³/mol. The van der Waals surface area contributed by atoms with Crippen molar-refractivity contribution in [2.24, 2.45) is 0 Å². The van der Waals surface area contributed by atoms with Crippen LogP contribution >= 0.6 is 0 Å². The van der Waals surface area contributed by atoms with Crippen LogP contribution in [0.15, 0.2) is 12.4 Å². The number of hydrogen-bond donors (Lipinski definition) is 4. The Morgan fingerprint density at radius 3 is 2.88 bits per heavy atom. The second kappa shape index (κ2) is 5.95. The Labute approximate surface area is 94.5 Å². The van der Waals surface area contributed by atoms with Crippen molar-refractivity contribution >= 4 is 0 Å². The van der Waals surface area contributed by atoms with Crippen molar-refractivity contribution in [2.75, 3.05) is 19.8 Å². The number of hydrogen-bond acceptors (Lipinski definition) is 5. The van der Waals surface area contributed by atoms with Crippen LogP contribution in [-0.4, -0.2) is 50.5 Å². The average molecular weight is 229 g/mol. The molecule has 6 nitrogen and oxygen atoms in total. The van der Waals surface area contributed by atoms with Crippen LogP contribution < -0.4 is 5.32 Å². The molecule has 0 aliphatic heterocycles. The highest BCUT2D eigenvalue weighted by atomic mass is 16.3. The maximum absolute atomic E-state index is 9.52. The molecule has 6 heteroatoms. The first kappa shape index (κ1) is 13.1. The van der Waals surface area contributed by atoms with Crippen LogP contribution in [0.5, 0.6) is 0 Å². The maximum Gasteiger partial charge on any atom is 0.0972 e. The monoisotopic (exact) mass is 229 g/mol. The number of aliphatic hydroxyl groups is 3. The normalized spacial score (nSPS) is 15.0. The van der Waals surface area contributed by atoms with E-state index in [4.69, 9.17) is 10.2 Å². The van der Waals surface area contributed by atoms with Crippen LogP contribution in [0.25, 0.3) is 0 Å². The van der Waals surface area contributed by atoms with E-state index in [-0.39, 0.29) is 13.2 Å². The molecule has 0 aliphatic rings. The Kier molecular flexibility index (Phi) is 4.88. The quantitative estimate of drug-likeness (QED) is 0.467. The lowest BCUT2D eigenvalue weighted by molar-refractivity contribution is 0.00254. The van der Waals surface area contributed by atoms with Gasteiger partial charge >= 0.3 is 0 Å². The van der Waals surface area contributed by atoms with Gasteiger partial charge in [0.15, 0.2) is 0 Å². The summed E-state index contributed by atoms with van der Waals surface area (Å²) in [5, 5.41) is 34.1. The molecule has 1 heterocycles. The van der Waals surface area contributed by atoms with Gasteiger partial charge in [0.2, 0.25) is 0 Å². The lowest BCUT2D eigenvalue weighted by atomic mass is 10.1. The van der Waals surface area contributed by atoms with E-state index in [1.807, 2.05) is 6.20 Å². The van der Waals surface area contributed by atoms with Gasteiger partial charge in [0.25, 0.3) is 0 Å². The first-order valence-electron chi connectivity index (χ1n) is 5.23. The average Bonchev–Trinajstić information content (AvgIpc) is 2.66. The van der Waals surface area contributed by atoms with E-state index in [0.717, 1.165) is 5.56 Å². The summed E-state index contributed by atoms with van der Waals surface area (Å²) in [7, 11) is 0. The first-order valence-corrected chi connectivity index (χ1v) is 5.23. The fourth-order valence-electron chi connectivity index (χ4n) is 1.25. The number of rotatable bonds is 7. The van der Waals surface area contributed by atoms with Gasteiger partial charge in [-0.05, 0) is 6.92 Å². The third-order valence-corrected chi connectivity index (χ3v) is 2.19.